The van der Waals surface area contributed by atoms with Crippen LogP contribution in [-0.4, -0.2) is 22.6 Å². The highest BCUT2D eigenvalue weighted by Gasteiger charge is 2.36. The average molecular weight is 242 g/mol. The summed E-state index contributed by atoms with van der Waals surface area (Å²) < 4.78 is 0. The van der Waals surface area contributed by atoms with Crippen LogP contribution in [0.1, 0.15) is 28.9 Å². The van der Waals surface area contributed by atoms with E-state index in [2.05, 4.69) is 4.98 Å². The van der Waals surface area contributed by atoms with Crippen LogP contribution in [0.25, 0.3) is 0 Å². The molecule has 1 aromatic rings. The molecule has 5 heteroatoms. The second-order valence-corrected chi connectivity index (χ2v) is 5.36. The first-order chi connectivity index (χ1) is 7.45. The highest BCUT2D eigenvalue weighted by atomic mass is 32.1. The average Bonchev–Trinajstić information content (AvgIpc) is 2.54. The molecule has 0 bridgehead atoms. The Balaban J connectivity index is 2.96. The Labute approximate surface area is 99.5 Å². The van der Waals surface area contributed by atoms with Gasteiger partial charge in [-0.25, -0.2) is 4.98 Å². The fourth-order valence-corrected chi connectivity index (χ4v) is 2.64. The molecule has 1 heterocycles. The van der Waals surface area contributed by atoms with Gasteiger partial charge in [0, 0.05) is 17.8 Å². The van der Waals surface area contributed by atoms with Crippen LogP contribution in [0.15, 0.2) is 0 Å². The number of thiazole rings is 1. The number of hydrogen-bond acceptors (Lipinski definition) is 4. The second kappa shape index (κ2) is 4.93. The monoisotopic (exact) mass is 242 g/mol. The number of aromatic nitrogens is 1. The van der Waals surface area contributed by atoms with Gasteiger partial charge in [-0.1, -0.05) is 6.92 Å². The van der Waals surface area contributed by atoms with E-state index in [4.69, 9.17) is 5.73 Å². The Bertz CT molecular complexity index is 364. The quantitative estimate of drug-likeness (QED) is 0.824. The molecule has 1 rings (SSSR count). The van der Waals surface area contributed by atoms with E-state index in [0.717, 1.165) is 15.6 Å². The van der Waals surface area contributed by atoms with Crippen molar-refractivity contribution in [1.82, 2.24) is 4.98 Å². The summed E-state index contributed by atoms with van der Waals surface area (Å²) in [5, 5.41) is 10.1. The van der Waals surface area contributed by atoms with Gasteiger partial charge >= 0.3 is 5.97 Å². The summed E-state index contributed by atoms with van der Waals surface area (Å²) in [5.74, 6) is -0.831. The third-order valence-corrected chi connectivity index (χ3v) is 4.16. The summed E-state index contributed by atoms with van der Waals surface area (Å²) in [5.41, 5.74) is 5.72. The van der Waals surface area contributed by atoms with E-state index in [0.29, 0.717) is 12.8 Å². The lowest BCUT2D eigenvalue weighted by molar-refractivity contribution is -0.148. The summed E-state index contributed by atoms with van der Waals surface area (Å²) in [6.45, 7) is 5.93. The van der Waals surface area contributed by atoms with E-state index < -0.39 is 11.4 Å². The molecule has 0 fully saturated rings. The Hall–Kier alpha value is -0.940. The topological polar surface area (TPSA) is 76.2 Å². The van der Waals surface area contributed by atoms with E-state index in [1.807, 2.05) is 20.8 Å². The third-order valence-electron chi connectivity index (χ3n) is 3.08. The number of carbonyl (C=O) groups is 1. The number of carboxylic acid groups (broad SMARTS) is 1. The van der Waals surface area contributed by atoms with Gasteiger partial charge in [0.1, 0.15) is 0 Å². The minimum absolute atomic E-state index is 0.149. The molecule has 0 radical (unpaired) electrons. The molecule has 0 aliphatic rings. The number of aliphatic carboxylic acids is 1. The fraction of sp³-hybridized carbons (Fsp3) is 0.636. The Kier molecular flexibility index (Phi) is 4.04. The minimum atomic E-state index is -0.864. The zero-order valence-electron chi connectivity index (χ0n) is 9.91. The molecule has 4 nitrogen and oxygen atoms in total. The maximum absolute atomic E-state index is 11.3. The molecule has 0 saturated carbocycles. The van der Waals surface area contributed by atoms with Crippen molar-refractivity contribution in [3.63, 3.8) is 0 Å². The lowest BCUT2D eigenvalue weighted by Gasteiger charge is -2.25. The number of nitrogens with zero attached hydrogens (tertiary/aromatic N) is 1. The summed E-state index contributed by atoms with van der Waals surface area (Å²) in [6.07, 6.45) is 0.950. The number of rotatable bonds is 5. The molecule has 16 heavy (non-hydrogen) atoms. The van der Waals surface area contributed by atoms with Gasteiger partial charge in [0.25, 0.3) is 0 Å². The van der Waals surface area contributed by atoms with Crippen LogP contribution >= 0.6 is 11.3 Å². The van der Waals surface area contributed by atoms with Crippen LogP contribution in [0.3, 0.4) is 0 Å². The lowest BCUT2D eigenvalue weighted by Crippen LogP contribution is -2.40. The molecule has 0 amide bonds. The Morgan fingerprint density at radius 1 is 1.56 bits per heavy atom. The molecular weight excluding hydrogens is 224 g/mol. The zero-order valence-corrected chi connectivity index (χ0v) is 10.7. The Morgan fingerprint density at radius 2 is 2.19 bits per heavy atom. The number of nitrogens with two attached hydrogens (primary N) is 1. The predicted octanol–water partition coefficient (Wildman–Crippen LogP) is 1.74. The van der Waals surface area contributed by atoms with Gasteiger partial charge in [0.05, 0.1) is 16.1 Å². The van der Waals surface area contributed by atoms with E-state index in [9.17, 15) is 9.90 Å². The molecule has 0 saturated heterocycles. The molecule has 0 aliphatic heterocycles. The van der Waals surface area contributed by atoms with Crippen LogP contribution in [-0.2, 0) is 11.2 Å². The molecule has 3 N–H and O–H groups in total. The summed E-state index contributed by atoms with van der Waals surface area (Å²) in [4.78, 5) is 16.8. The van der Waals surface area contributed by atoms with Crippen molar-refractivity contribution >= 4 is 17.3 Å². The summed E-state index contributed by atoms with van der Waals surface area (Å²) in [7, 11) is 0. The van der Waals surface area contributed by atoms with Crippen LogP contribution in [0.5, 0.6) is 0 Å². The molecule has 90 valence electrons. The van der Waals surface area contributed by atoms with E-state index >= 15 is 0 Å². The fourth-order valence-electron chi connectivity index (χ4n) is 1.56. The SMILES string of the molecule is CCC(CN)(Cc1nc(C)c(C)s1)C(=O)O. The van der Waals surface area contributed by atoms with Crippen LogP contribution in [0, 0.1) is 19.3 Å². The first-order valence-corrected chi connectivity index (χ1v) is 6.13. The lowest BCUT2D eigenvalue weighted by atomic mass is 9.82. The second-order valence-electron chi connectivity index (χ2n) is 4.07. The van der Waals surface area contributed by atoms with Crippen molar-refractivity contribution in [2.45, 2.75) is 33.6 Å². The first kappa shape index (κ1) is 13.1. The molecule has 1 aromatic heterocycles. The normalized spacial score (nSPS) is 14.8. The maximum Gasteiger partial charge on any atom is 0.311 e. The highest BCUT2D eigenvalue weighted by Crippen LogP contribution is 2.29. The zero-order chi connectivity index (χ0) is 12.3. The molecular formula is C11H18N2O2S. The third kappa shape index (κ3) is 2.41. The molecule has 1 unspecified atom stereocenters. The molecule has 1 atom stereocenters. The standard InChI is InChI=1S/C11H18N2O2S/c1-4-11(6-12,10(14)15)5-9-13-7(2)8(3)16-9/h4-6,12H2,1-3H3,(H,14,15). The van der Waals surface area contributed by atoms with Gasteiger partial charge in [-0.3, -0.25) is 4.79 Å². The smallest absolute Gasteiger partial charge is 0.311 e. The van der Waals surface area contributed by atoms with Crippen molar-refractivity contribution in [2.75, 3.05) is 6.54 Å². The van der Waals surface area contributed by atoms with Crippen LogP contribution in [0.2, 0.25) is 0 Å². The minimum Gasteiger partial charge on any atom is -0.481 e. The van der Waals surface area contributed by atoms with Gasteiger partial charge in [-0.15, -0.1) is 11.3 Å². The largest absolute Gasteiger partial charge is 0.481 e. The van der Waals surface area contributed by atoms with E-state index in [1.165, 1.54) is 0 Å². The van der Waals surface area contributed by atoms with Crippen molar-refractivity contribution in [2.24, 2.45) is 11.1 Å². The van der Waals surface area contributed by atoms with Crippen molar-refractivity contribution in [1.29, 1.82) is 0 Å². The van der Waals surface area contributed by atoms with Gasteiger partial charge in [0.15, 0.2) is 0 Å². The Morgan fingerprint density at radius 3 is 2.50 bits per heavy atom. The van der Waals surface area contributed by atoms with E-state index in [1.54, 1.807) is 11.3 Å². The number of carboxylic acids is 1. The highest BCUT2D eigenvalue weighted by molar-refractivity contribution is 7.11. The van der Waals surface area contributed by atoms with Crippen molar-refractivity contribution < 1.29 is 9.90 Å². The maximum atomic E-state index is 11.3. The first-order valence-electron chi connectivity index (χ1n) is 5.31. The van der Waals surface area contributed by atoms with Crippen LogP contribution < -0.4 is 5.73 Å². The van der Waals surface area contributed by atoms with Gasteiger partial charge < -0.3 is 10.8 Å². The van der Waals surface area contributed by atoms with Crippen molar-refractivity contribution in [3.05, 3.63) is 15.6 Å². The van der Waals surface area contributed by atoms with Crippen molar-refractivity contribution in [3.8, 4) is 0 Å². The predicted molar refractivity (Wildman–Crippen MR) is 64.7 cm³/mol. The van der Waals surface area contributed by atoms with Crippen LogP contribution in [0.4, 0.5) is 0 Å². The number of hydrogen-bond donors (Lipinski definition) is 2. The van der Waals surface area contributed by atoms with Gasteiger partial charge in [0.2, 0.25) is 0 Å². The summed E-state index contributed by atoms with van der Waals surface area (Å²) >= 11 is 1.56. The molecule has 0 spiro atoms. The van der Waals surface area contributed by atoms with Gasteiger partial charge in [-0.05, 0) is 20.3 Å². The summed E-state index contributed by atoms with van der Waals surface area (Å²) in [6, 6.07) is 0. The van der Waals surface area contributed by atoms with E-state index in [-0.39, 0.29) is 6.54 Å². The van der Waals surface area contributed by atoms with Gasteiger partial charge in [-0.2, -0.15) is 0 Å². The molecule has 0 aromatic carbocycles. The molecule has 0 aliphatic carbocycles. The number of aryl methyl sites for hydroxylation is 2.